The molecule has 0 radical (unpaired) electrons. The number of halogens is 1. The molecular weight excluding hydrogens is 316 g/mol. The first kappa shape index (κ1) is 13.4. The molecular formula is C12H13BrN2O2S. The van der Waals surface area contributed by atoms with Crippen molar-refractivity contribution in [3.63, 3.8) is 0 Å². The van der Waals surface area contributed by atoms with E-state index in [0.29, 0.717) is 11.5 Å². The maximum Gasteiger partial charge on any atom is 0.247 e. The zero-order chi connectivity index (χ0) is 13.1. The topological polar surface area (TPSA) is 58.2 Å². The van der Waals surface area contributed by atoms with Crippen molar-refractivity contribution in [1.82, 2.24) is 5.32 Å². The lowest BCUT2D eigenvalue weighted by atomic mass is 10.2. The van der Waals surface area contributed by atoms with Gasteiger partial charge in [-0.05, 0) is 40.5 Å². The molecule has 18 heavy (non-hydrogen) atoms. The Hall–Kier alpha value is -1.01. The van der Waals surface area contributed by atoms with Gasteiger partial charge in [-0.1, -0.05) is 6.07 Å². The second-order valence-electron chi connectivity index (χ2n) is 4.11. The summed E-state index contributed by atoms with van der Waals surface area (Å²) in [5, 5.41) is 5.49. The predicted octanol–water partition coefficient (Wildman–Crippen LogP) is 1.93. The third-order valence-electron chi connectivity index (χ3n) is 2.55. The summed E-state index contributed by atoms with van der Waals surface area (Å²) in [6.07, 6.45) is 0. The van der Waals surface area contributed by atoms with Gasteiger partial charge in [-0.2, -0.15) is 0 Å². The number of hydrogen-bond donors (Lipinski definition) is 2. The lowest BCUT2D eigenvalue weighted by Crippen LogP contribution is -2.49. The molecule has 2 amide bonds. The Labute approximate surface area is 118 Å². The smallest absolute Gasteiger partial charge is 0.247 e. The monoisotopic (exact) mass is 328 g/mol. The van der Waals surface area contributed by atoms with E-state index in [2.05, 4.69) is 26.6 Å². The van der Waals surface area contributed by atoms with Gasteiger partial charge in [0, 0.05) is 10.2 Å². The Kier molecular flexibility index (Phi) is 4.29. The molecule has 1 heterocycles. The van der Waals surface area contributed by atoms with Crippen molar-refractivity contribution in [1.29, 1.82) is 0 Å². The van der Waals surface area contributed by atoms with Crippen LogP contribution in [0.3, 0.4) is 0 Å². The van der Waals surface area contributed by atoms with Crippen molar-refractivity contribution in [3.05, 3.63) is 28.2 Å². The Morgan fingerprint density at radius 2 is 2.33 bits per heavy atom. The van der Waals surface area contributed by atoms with Gasteiger partial charge in [0.15, 0.2) is 0 Å². The van der Waals surface area contributed by atoms with Crippen LogP contribution in [0.2, 0.25) is 0 Å². The zero-order valence-electron chi connectivity index (χ0n) is 9.83. The number of amides is 2. The van der Waals surface area contributed by atoms with E-state index in [1.807, 2.05) is 25.1 Å². The molecule has 1 fully saturated rings. The zero-order valence-corrected chi connectivity index (χ0v) is 12.2. The van der Waals surface area contributed by atoms with Crippen LogP contribution in [0.1, 0.15) is 5.56 Å². The lowest BCUT2D eigenvalue weighted by molar-refractivity contribution is -0.124. The largest absolute Gasteiger partial charge is 0.343 e. The number of benzene rings is 1. The molecule has 0 spiro atoms. The molecule has 1 aliphatic rings. The molecule has 1 unspecified atom stereocenters. The minimum absolute atomic E-state index is 0.0885. The van der Waals surface area contributed by atoms with Crippen LogP contribution >= 0.6 is 27.7 Å². The van der Waals surface area contributed by atoms with Crippen molar-refractivity contribution in [3.8, 4) is 0 Å². The summed E-state index contributed by atoms with van der Waals surface area (Å²) < 4.78 is 0.839. The Morgan fingerprint density at radius 1 is 1.56 bits per heavy atom. The molecule has 6 heteroatoms. The van der Waals surface area contributed by atoms with Crippen LogP contribution in [-0.4, -0.2) is 29.4 Å². The van der Waals surface area contributed by atoms with E-state index in [1.165, 1.54) is 11.8 Å². The number of carbonyl (C=O) groups is 2. The molecule has 1 aromatic carbocycles. The number of nitrogens with one attached hydrogen (secondary N) is 2. The van der Waals surface area contributed by atoms with Crippen molar-refractivity contribution in [2.75, 3.05) is 16.8 Å². The number of thioether (sulfide) groups is 1. The average Bonchev–Trinajstić information content (AvgIpc) is 2.32. The van der Waals surface area contributed by atoms with Crippen LogP contribution in [0.4, 0.5) is 5.69 Å². The van der Waals surface area contributed by atoms with Gasteiger partial charge >= 0.3 is 0 Å². The molecule has 1 atom stereocenters. The van der Waals surface area contributed by atoms with Gasteiger partial charge < -0.3 is 10.6 Å². The van der Waals surface area contributed by atoms with Crippen molar-refractivity contribution in [2.45, 2.75) is 13.0 Å². The van der Waals surface area contributed by atoms with Crippen molar-refractivity contribution < 1.29 is 9.59 Å². The molecule has 1 saturated heterocycles. The van der Waals surface area contributed by atoms with E-state index in [-0.39, 0.29) is 11.8 Å². The number of aryl methyl sites for hydroxylation is 1. The molecule has 0 aromatic heterocycles. The number of anilines is 1. The van der Waals surface area contributed by atoms with Gasteiger partial charge in [0.05, 0.1) is 11.4 Å². The summed E-state index contributed by atoms with van der Waals surface area (Å²) >= 11 is 4.88. The molecule has 0 aliphatic carbocycles. The van der Waals surface area contributed by atoms with Gasteiger partial charge in [-0.3, -0.25) is 9.59 Å². The maximum atomic E-state index is 12.0. The van der Waals surface area contributed by atoms with Gasteiger partial charge in [0.2, 0.25) is 11.8 Å². The van der Waals surface area contributed by atoms with Gasteiger partial charge in [-0.15, -0.1) is 11.8 Å². The second kappa shape index (κ2) is 5.75. The van der Waals surface area contributed by atoms with E-state index in [4.69, 9.17) is 0 Å². The fraction of sp³-hybridized carbons (Fsp3) is 0.333. The fourth-order valence-corrected chi connectivity index (χ4v) is 3.08. The molecule has 96 valence electrons. The summed E-state index contributed by atoms with van der Waals surface area (Å²) in [7, 11) is 0. The summed E-state index contributed by atoms with van der Waals surface area (Å²) in [4.78, 5) is 23.2. The molecule has 0 bridgehead atoms. The minimum Gasteiger partial charge on any atom is -0.343 e. The third-order valence-corrected chi connectivity index (χ3v) is 4.24. The highest BCUT2D eigenvalue weighted by Gasteiger charge is 2.25. The van der Waals surface area contributed by atoms with Gasteiger partial charge in [0.1, 0.15) is 6.04 Å². The predicted molar refractivity (Wildman–Crippen MR) is 76.8 cm³/mol. The van der Waals surface area contributed by atoms with E-state index < -0.39 is 6.04 Å². The summed E-state index contributed by atoms with van der Waals surface area (Å²) in [6.45, 7) is 1.98. The van der Waals surface area contributed by atoms with Crippen LogP contribution < -0.4 is 10.6 Å². The standard InChI is InChI=1S/C12H13BrN2O2S/c1-7-2-3-9(8(13)4-7)15-12(17)10-5-18-6-11(16)14-10/h2-4,10H,5-6H2,1H3,(H,14,16)(H,15,17). The first-order valence-electron chi connectivity index (χ1n) is 5.50. The second-order valence-corrected chi connectivity index (χ2v) is 5.99. The third kappa shape index (κ3) is 3.26. The van der Waals surface area contributed by atoms with Crippen molar-refractivity contribution in [2.24, 2.45) is 0 Å². The molecule has 1 aliphatic heterocycles. The normalized spacial score (nSPS) is 19.2. The first-order chi connectivity index (χ1) is 8.56. The van der Waals surface area contributed by atoms with E-state index >= 15 is 0 Å². The molecule has 0 saturated carbocycles. The van der Waals surface area contributed by atoms with Crippen LogP contribution in [0.5, 0.6) is 0 Å². The quantitative estimate of drug-likeness (QED) is 0.872. The highest BCUT2D eigenvalue weighted by molar-refractivity contribution is 9.10. The SMILES string of the molecule is Cc1ccc(NC(=O)C2CSCC(=O)N2)c(Br)c1. The average molecular weight is 329 g/mol. The summed E-state index contributed by atoms with van der Waals surface area (Å²) in [5.41, 5.74) is 1.83. The van der Waals surface area contributed by atoms with E-state index in [9.17, 15) is 9.59 Å². The molecule has 2 rings (SSSR count). The van der Waals surface area contributed by atoms with Crippen molar-refractivity contribution >= 4 is 45.2 Å². The number of hydrogen-bond acceptors (Lipinski definition) is 3. The number of rotatable bonds is 2. The Morgan fingerprint density at radius 3 is 3.00 bits per heavy atom. The lowest BCUT2D eigenvalue weighted by Gasteiger charge is -2.22. The molecule has 4 nitrogen and oxygen atoms in total. The Balaban J connectivity index is 2.04. The van der Waals surface area contributed by atoms with Crippen LogP contribution in [0.25, 0.3) is 0 Å². The summed E-state index contributed by atoms with van der Waals surface area (Å²) in [6, 6.07) is 5.25. The van der Waals surface area contributed by atoms with E-state index in [1.54, 1.807) is 0 Å². The van der Waals surface area contributed by atoms with E-state index in [0.717, 1.165) is 15.7 Å². The number of carbonyl (C=O) groups excluding carboxylic acids is 2. The van der Waals surface area contributed by atoms with Crippen LogP contribution in [0.15, 0.2) is 22.7 Å². The van der Waals surface area contributed by atoms with Gasteiger partial charge in [-0.25, -0.2) is 0 Å². The fourth-order valence-electron chi connectivity index (χ4n) is 1.63. The summed E-state index contributed by atoms with van der Waals surface area (Å²) in [5.74, 6) is 0.772. The Bertz CT molecular complexity index is 493. The molecule has 2 N–H and O–H groups in total. The van der Waals surface area contributed by atoms with Gasteiger partial charge in [0.25, 0.3) is 0 Å². The minimum atomic E-state index is -0.454. The highest BCUT2D eigenvalue weighted by Crippen LogP contribution is 2.23. The van der Waals surface area contributed by atoms with Crippen LogP contribution in [0, 0.1) is 6.92 Å². The highest BCUT2D eigenvalue weighted by atomic mass is 79.9. The van der Waals surface area contributed by atoms with Crippen LogP contribution in [-0.2, 0) is 9.59 Å². The molecule has 1 aromatic rings. The first-order valence-corrected chi connectivity index (χ1v) is 7.45. The maximum absolute atomic E-state index is 12.0.